The maximum atomic E-state index is 13.4. The fourth-order valence-corrected chi connectivity index (χ4v) is 4.16. The minimum Gasteiger partial charge on any atom is -0.357 e. The molecule has 3 fully saturated rings. The highest BCUT2D eigenvalue weighted by atomic mass is 19.2. The van der Waals surface area contributed by atoms with Gasteiger partial charge in [0.2, 0.25) is 0 Å². The van der Waals surface area contributed by atoms with Crippen LogP contribution in [0.1, 0.15) is 38.2 Å². The number of hydrogen-bond donors (Lipinski definition) is 0. The molecule has 136 valence electrons. The summed E-state index contributed by atoms with van der Waals surface area (Å²) in [5.41, 5.74) is -0.00924. The molecule has 2 saturated heterocycles. The molecule has 3 aliphatic rings. The number of halogens is 2. The quantitative estimate of drug-likeness (QED) is 0.840. The molecule has 4 nitrogen and oxygen atoms in total. The van der Waals surface area contributed by atoms with Crippen molar-refractivity contribution in [2.24, 2.45) is 0 Å². The van der Waals surface area contributed by atoms with E-state index in [2.05, 4.69) is 4.90 Å². The normalized spacial score (nSPS) is 24.9. The number of piperidine rings is 1. The van der Waals surface area contributed by atoms with E-state index in [1.807, 2.05) is 11.8 Å². The minimum absolute atomic E-state index is 0.157. The highest BCUT2D eigenvalue weighted by Crippen LogP contribution is 2.49. The van der Waals surface area contributed by atoms with Gasteiger partial charge in [-0.1, -0.05) is 6.07 Å². The van der Waals surface area contributed by atoms with Gasteiger partial charge in [-0.25, -0.2) is 8.78 Å². The first-order valence-corrected chi connectivity index (χ1v) is 9.11. The van der Waals surface area contributed by atoms with Crippen LogP contribution >= 0.6 is 0 Å². The number of nitrogens with zero attached hydrogens (tertiary/aromatic N) is 2. The van der Waals surface area contributed by atoms with Crippen molar-refractivity contribution in [2.45, 2.75) is 50.4 Å². The Morgan fingerprint density at radius 2 is 1.84 bits per heavy atom. The molecule has 1 amide bonds. The van der Waals surface area contributed by atoms with Crippen LogP contribution in [0.2, 0.25) is 0 Å². The summed E-state index contributed by atoms with van der Waals surface area (Å²) in [6.45, 7) is 5.69. The number of amides is 1. The van der Waals surface area contributed by atoms with Gasteiger partial charge in [-0.3, -0.25) is 9.69 Å². The van der Waals surface area contributed by atoms with Crippen LogP contribution in [0, 0.1) is 11.6 Å². The lowest BCUT2D eigenvalue weighted by atomic mass is 9.87. The predicted octanol–water partition coefficient (Wildman–Crippen LogP) is 2.71. The summed E-state index contributed by atoms with van der Waals surface area (Å²) in [6, 6.07) is 4.09. The minimum atomic E-state index is -0.809. The number of carbonyl (C=O) groups excluding carboxylic acids is 1. The zero-order valence-corrected chi connectivity index (χ0v) is 14.6. The second-order valence-electron chi connectivity index (χ2n) is 7.62. The monoisotopic (exact) mass is 350 g/mol. The van der Waals surface area contributed by atoms with E-state index in [0.717, 1.165) is 50.9 Å². The van der Waals surface area contributed by atoms with E-state index in [-0.39, 0.29) is 11.5 Å². The summed E-state index contributed by atoms with van der Waals surface area (Å²) in [4.78, 5) is 16.6. The van der Waals surface area contributed by atoms with Gasteiger partial charge in [0, 0.05) is 32.7 Å². The fourth-order valence-electron chi connectivity index (χ4n) is 4.16. The van der Waals surface area contributed by atoms with Crippen molar-refractivity contribution in [3.63, 3.8) is 0 Å². The molecule has 1 saturated carbocycles. The summed E-state index contributed by atoms with van der Waals surface area (Å²) in [6.07, 6.45) is 3.40. The van der Waals surface area contributed by atoms with Gasteiger partial charge in [-0.2, -0.15) is 0 Å². The SMILES string of the molecule is CCN1CC2(CCN(Cc3ccc(F)c(F)c3)CC2)OC2(CC2)C1=O. The van der Waals surface area contributed by atoms with Gasteiger partial charge >= 0.3 is 0 Å². The molecule has 2 heterocycles. The van der Waals surface area contributed by atoms with Gasteiger partial charge in [0.15, 0.2) is 11.6 Å². The van der Waals surface area contributed by atoms with Gasteiger partial charge in [0.05, 0.1) is 5.60 Å². The Balaban J connectivity index is 1.41. The van der Waals surface area contributed by atoms with Crippen LogP contribution < -0.4 is 0 Å². The average Bonchev–Trinajstić information content (AvgIpc) is 3.37. The van der Waals surface area contributed by atoms with E-state index in [4.69, 9.17) is 4.74 Å². The molecule has 2 aliphatic heterocycles. The number of rotatable bonds is 3. The Morgan fingerprint density at radius 1 is 1.12 bits per heavy atom. The summed E-state index contributed by atoms with van der Waals surface area (Å²) < 4.78 is 32.8. The van der Waals surface area contributed by atoms with Crippen LogP contribution in [0.25, 0.3) is 0 Å². The Bertz CT molecular complexity index is 682. The Hall–Kier alpha value is -1.53. The van der Waals surface area contributed by atoms with Crippen molar-refractivity contribution in [3.8, 4) is 0 Å². The molecule has 0 unspecified atom stereocenters. The molecule has 2 spiro atoms. The number of ether oxygens (including phenoxy) is 1. The third kappa shape index (κ3) is 3.06. The molecule has 1 aliphatic carbocycles. The maximum absolute atomic E-state index is 13.4. The van der Waals surface area contributed by atoms with Crippen molar-refractivity contribution in [1.29, 1.82) is 0 Å². The van der Waals surface area contributed by atoms with Crippen LogP contribution in [0.5, 0.6) is 0 Å². The third-order valence-corrected chi connectivity index (χ3v) is 5.81. The lowest BCUT2D eigenvalue weighted by Crippen LogP contribution is -2.62. The number of likely N-dealkylation sites (tertiary alicyclic amines) is 1. The number of likely N-dealkylation sites (N-methyl/N-ethyl adjacent to an activating group) is 1. The number of morpholine rings is 1. The molecular weight excluding hydrogens is 326 g/mol. The van der Waals surface area contributed by atoms with Crippen molar-refractivity contribution in [1.82, 2.24) is 9.80 Å². The highest BCUT2D eigenvalue weighted by Gasteiger charge is 2.61. The van der Waals surface area contributed by atoms with E-state index < -0.39 is 17.2 Å². The maximum Gasteiger partial charge on any atom is 0.254 e. The average molecular weight is 350 g/mol. The smallest absolute Gasteiger partial charge is 0.254 e. The molecule has 0 atom stereocenters. The van der Waals surface area contributed by atoms with E-state index in [1.165, 1.54) is 12.1 Å². The Labute approximate surface area is 146 Å². The fraction of sp³-hybridized carbons (Fsp3) is 0.632. The highest BCUT2D eigenvalue weighted by molar-refractivity contribution is 5.89. The van der Waals surface area contributed by atoms with Crippen molar-refractivity contribution in [3.05, 3.63) is 35.4 Å². The van der Waals surface area contributed by atoms with Crippen LogP contribution in [-0.4, -0.2) is 53.1 Å². The molecule has 0 radical (unpaired) electrons. The first-order valence-electron chi connectivity index (χ1n) is 9.11. The van der Waals surface area contributed by atoms with Crippen molar-refractivity contribution in [2.75, 3.05) is 26.2 Å². The van der Waals surface area contributed by atoms with Gasteiger partial charge in [0.25, 0.3) is 5.91 Å². The zero-order chi connectivity index (χ0) is 17.7. The molecule has 1 aromatic carbocycles. The molecule has 0 N–H and O–H groups in total. The predicted molar refractivity (Wildman–Crippen MR) is 88.9 cm³/mol. The number of hydrogen-bond acceptors (Lipinski definition) is 3. The number of carbonyl (C=O) groups is 1. The lowest BCUT2D eigenvalue weighted by molar-refractivity contribution is -0.200. The first kappa shape index (κ1) is 16.9. The molecular formula is C19H24F2N2O2. The Morgan fingerprint density at radius 3 is 2.44 bits per heavy atom. The first-order chi connectivity index (χ1) is 12.0. The molecule has 0 aromatic heterocycles. The lowest BCUT2D eigenvalue weighted by Gasteiger charge is -2.50. The van der Waals surface area contributed by atoms with Crippen molar-refractivity contribution < 1.29 is 18.3 Å². The molecule has 25 heavy (non-hydrogen) atoms. The van der Waals surface area contributed by atoms with Crippen molar-refractivity contribution >= 4 is 5.91 Å². The van der Waals surface area contributed by atoms with Crippen LogP contribution in [0.3, 0.4) is 0 Å². The molecule has 4 rings (SSSR count). The van der Waals surface area contributed by atoms with Gasteiger partial charge in [-0.05, 0) is 50.3 Å². The van der Waals surface area contributed by atoms with Crippen LogP contribution in [0.4, 0.5) is 8.78 Å². The molecule has 1 aromatic rings. The third-order valence-electron chi connectivity index (χ3n) is 5.81. The molecule has 0 bridgehead atoms. The number of benzene rings is 1. The second-order valence-corrected chi connectivity index (χ2v) is 7.62. The summed E-state index contributed by atoms with van der Waals surface area (Å²) in [7, 11) is 0. The molecule has 6 heteroatoms. The summed E-state index contributed by atoms with van der Waals surface area (Å²) in [5.74, 6) is -1.45. The summed E-state index contributed by atoms with van der Waals surface area (Å²) >= 11 is 0. The van der Waals surface area contributed by atoms with E-state index in [0.29, 0.717) is 13.1 Å². The van der Waals surface area contributed by atoms with E-state index >= 15 is 0 Å². The van der Waals surface area contributed by atoms with Crippen LogP contribution in [-0.2, 0) is 16.1 Å². The van der Waals surface area contributed by atoms with E-state index in [1.54, 1.807) is 6.07 Å². The van der Waals surface area contributed by atoms with Crippen LogP contribution in [0.15, 0.2) is 18.2 Å². The zero-order valence-electron chi connectivity index (χ0n) is 14.6. The van der Waals surface area contributed by atoms with E-state index in [9.17, 15) is 13.6 Å². The standard InChI is InChI=1S/C19H24F2N2O2/c1-2-23-13-18(25-19(5-6-19)17(23)24)7-9-22(10-8-18)12-14-3-4-15(20)16(21)11-14/h3-4,11H,2,5-10,12-13H2,1H3. The second kappa shape index (κ2) is 6.02. The summed E-state index contributed by atoms with van der Waals surface area (Å²) in [5, 5.41) is 0. The Kier molecular flexibility index (Phi) is 4.07. The largest absolute Gasteiger partial charge is 0.357 e. The van der Waals surface area contributed by atoms with Gasteiger partial charge in [-0.15, -0.1) is 0 Å². The van der Waals surface area contributed by atoms with Gasteiger partial charge < -0.3 is 9.64 Å². The topological polar surface area (TPSA) is 32.8 Å². The van der Waals surface area contributed by atoms with Gasteiger partial charge in [0.1, 0.15) is 5.60 Å².